The molecule has 3 atom stereocenters. The summed E-state index contributed by atoms with van der Waals surface area (Å²) < 4.78 is 0. The van der Waals surface area contributed by atoms with Crippen LogP contribution in [0.2, 0.25) is 0 Å². The van der Waals surface area contributed by atoms with Crippen LogP contribution in [-0.4, -0.2) is 0 Å². The van der Waals surface area contributed by atoms with Crippen molar-refractivity contribution >= 4 is 0 Å². The van der Waals surface area contributed by atoms with Crippen LogP contribution in [0.25, 0.3) is 0 Å². The summed E-state index contributed by atoms with van der Waals surface area (Å²) in [7, 11) is 0. The highest BCUT2D eigenvalue weighted by Gasteiger charge is 2.11. The minimum atomic E-state index is 0.884. The molecule has 0 aromatic carbocycles. The molecule has 0 aliphatic carbocycles. The monoisotopic (exact) mass is 296 g/mol. The van der Waals surface area contributed by atoms with E-state index in [1.54, 1.807) is 0 Å². The Bertz CT molecular complexity index is 204. The van der Waals surface area contributed by atoms with E-state index in [4.69, 9.17) is 0 Å². The maximum Gasteiger partial charge on any atom is -0.0351 e. The van der Waals surface area contributed by atoms with Crippen molar-refractivity contribution in [1.82, 2.24) is 0 Å². The van der Waals surface area contributed by atoms with Crippen LogP contribution in [0.5, 0.6) is 0 Å². The first-order valence-corrected chi connectivity index (χ1v) is 9.53. The lowest BCUT2D eigenvalue weighted by Gasteiger charge is -2.20. The zero-order valence-corrected chi connectivity index (χ0v) is 16.3. The highest BCUT2D eigenvalue weighted by Crippen LogP contribution is 2.24. The molecular formula is C21H44. The van der Waals surface area contributed by atoms with E-state index in [-0.39, 0.29) is 0 Å². The lowest BCUT2D eigenvalue weighted by molar-refractivity contribution is 0.323. The molecule has 0 aromatic rings. The molecule has 0 radical (unpaired) electrons. The molecule has 21 heavy (non-hydrogen) atoms. The van der Waals surface area contributed by atoms with Crippen LogP contribution >= 0.6 is 0 Å². The van der Waals surface area contributed by atoms with E-state index < -0.39 is 0 Å². The number of hydrogen-bond donors (Lipinski definition) is 0. The Labute approximate surface area is 136 Å². The average molecular weight is 297 g/mol. The third-order valence-electron chi connectivity index (χ3n) is 5.06. The molecule has 0 spiro atoms. The fourth-order valence-corrected chi connectivity index (χ4v) is 2.32. The van der Waals surface area contributed by atoms with E-state index in [1.165, 1.54) is 51.4 Å². The molecule has 0 heteroatoms. The van der Waals surface area contributed by atoms with Gasteiger partial charge in [-0.15, -0.1) is 6.58 Å². The SMILES string of the molecule is C=CCCC(CC)CCCC(C)C(C)CC.CCC(C)C. The molecule has 0 bridgehead atoms. The van der Waals surface area contributed by atoms with Crippen LogP contribution in [0.4, 0.5) is 0 Å². The maximum atomic E-state index is 3.81. The van der Waals surface area contributed by atoms with E-state index in [1.807, 2.05) is 0 Å². The van der Waals surface area contributed by atoms with Gasteiger partial charge >= 0.3 is 0 Å². The fourth-order valence-electron chi connectivity index (χ4n) is 2.32. The predicted octanol–water partition coefficient (Wildman–Crippen LogP) is 7.88. The standard InChI is InChI=1S/C16H32.C5H12/c1-6-9-12-16(8-3)13-10-11-15(5)14(4)7-2;1-4-5(2)3/h6,14-16H,1,7-13H2,2-5H3;5H,4H2,1-3H3. The van der Waals surface area contributed by atoms with E-state index in [0.29, 0.717) is 0 Å². The Morgan fingerprint density at radius 1 is 0.762 bits per heavy atom. The Morgan fingerprint density at radius 2 is 1.33 bits per heavy atom. The lowest BCUT2D eigenvalue weighted by atomic mass is 9.86. The zero-order valence-electron chi connectivity index (χ0n) is 16.3. The van der Waals surface area contributed by atoms with Crippen LogP contribution < -0.4 is 0 Å². The van der Waals surface area contributed by atoms with Gasteiger partial charge in [0.2, 0.25) is 0 Å². The molecule has 128 valence electrons. The summed E-state index contributed by atoms with van der Waals surface area (Å²) in [6.45, 7) is 19.9. The summed E-state index contributed by atoms with van der Waals surface area (Å²) in [6.07, 6.45) is 12.8. The molecule has 0 rings (SSSR count). The van der Waals surface area contributed by atoms with Crippen LogP contribution in [-0.2, 0) is 0 Å². The molecule has 3 unspecified atom stereocenters. The Kier molecular flexibility index (Phi) is 17.7. The molecule has 0 saturated carbocycles. The van der Waals surface area contributed by atoms with E-state index in [0.717, 1.165) is 23.7 Å². The van der Waals surface area contributed by atoms with Gasteiger partial charge in [0.15, 0.2) is 0 Å². The van der Waals surface area contributed by atoms with Gasteiger partial charge in [0.25, 0.3) is 0 Å². The van der Waals surface area contributed by atoms with Crippen molar-refractivity contribution in [2.75, 3.05) is 0 Å². The van der Waals surface area contributed by atoms with Crippen LogP contribution in [0.1, 0.15) is 99.8 Å². The highest BCUT2D eigenvalue weighted by molar-refractivity contribution is 4.70. The van der Waals surface area contributed by atoms with Gasteiger partial charge in [0.05, 0.1) is 0 Å². The normalized spacial score (nSPS) is 15.0. The number of allylic oxidation sites excluding steroid dienone is 1. The summed E-state index contributed by atoms with van der Waals surface area (Å²) in [5.41, 5.74) is 0. The van der Waals surface area contributed by atoms with Gasteiger partial charge in [0, 0.05) is 0 Å². The number of rotatable bonds is 11. The van der Waals surface area contributed by atoms with Crippen molar-refractivity contribution in [3.63, 3.8) is 0 Å². The summed E-state index contributed by atoms with van der Waals surface area (Å²) in [5.74, 6) is 3.62. The van der Waals surface area contributed by atoms with Gasteiger partial charge in [0.1, 0.15) is 0 Å². The molecule has 0 N–H and O–H groups in total. The van der Waals surface area contributed by atoms with Crippen molar-refractivity contribution in [3.8, 4) is 0 Å². The fraction of sp³-hybridized carbons (Fsp3) is 0.905. The molecule has 0 nitrogen and oxygen atoms in total. The summed E-state index contributed by atoms with van der Waals surface area (Å²) >= 11 is 0. The molecular weight excluding hydrogens is 252 g/mol. The molecule has 0 aromatic heterocycles. The third-order valence-corrected chi connectivity index (χ3v) is 5.06. The summed E-state index contributed by atoms with van der Waals surface area (Å²) in [4.78, 5) is 0. The molecule has 0 aliphatic heterocycles. The Hall–Kier alpha value is -0.260. The van der Waals surface area contributed by atoms with Crippen LogP contribution in [0.15, 0.2) is 12.7 Å². The first kappa shape index (κ1) is 23.0. The smallest absolute Gasteiger partial charge is 0.0351 e. The van der Waals surface area contributed by atoms with E-state index in [2.05, 4.69) is 61.1 Å². The van der Waals surface area contributed by atoms with Gasteiger partial charge in [-0.2, -0.15) is 0 Å². The van der Waals surface area contributed by atoms with Gasteiger partial charge < -0.3 is 0 Å². The van der Waals surface area contributed by atoms with Crippen LogP contribution in [0, 0.1) is 23.7 Å². The van der Waals surface area contributed by atoms with Crippen molar-refractivity contribution < 1.29 is 0 Å². The zero-order chi connectivity index (χ0) is 16.7. The van der Waals surface area contributed by atoms with E-state index >= 15 is 0 Å². The van der Waals surface area contributed by atoms with Gasteiger partial charge in [-0.3, -0.25) is 0 Å². The van der Waals surface area contributed by atoms with Crippen molar-refractivity contribution in [2.45, 2.75) is 99.8 Å². The highest BCUT2D eigenvalue weighted by atomic mass is 14.2. The third kappa shape index (κ3) is 15.9. The van der Waals surface area contributed by atoms with Gasteiger partial charge in [-0.05, 0) is 36.5 Å². The minimum absolute atomic E-state index is 0.884. The molecule has 0 amide bonds. The van der Waals surface area contributed by atoms with Crippen molar-refractivity contribution in [1.29, 1.82) is 0 Å². The maximum absolute atomic E-state index is 3.81. The Balaban J connectivity index is 0. The first-order valence-electron chi connectivity index (χ1n) is 9.53. The molecule has 0 aliphatic rings. The first-order chi connectivity index (χ1) is 9.92. The predicted molar refractivity (Wildman–Crippen MR) is 101 cm³/mol. The van der Waals surface area contributed by atoms with Crippen LogP contribution in [0.3, 0.4) is 0 Å². The van der Waals surface area contributed by atoms with Crippen molar-refractivity contribution in [2.24, 2.45) is 23.7 Å². The second-order valence-corrected chi connectivity index (χ2v) is 7.24. The largest absolute Gasteiger partial charge is 0.103 e. The topological polar surface area (TPSA) is 0 Å². The molecule has 0 saturated heterocycles. The minimum Gasteiger partial charge on any atom is -0.103 e. The van der Waals surface area contributed by atoms with Gasteiger partial charge in [-0.1, -0.05) is 93.1 Å². The second-order valence-electron chi connectivity index (χ2n) is 7.24. The quantitative estimate of drug-likeness (QED) is 0.340. The molecule has 0 fully saturated rings. The Morgan fingerprint density at radius 3 is 1.71 bits per heavy atom. The second kappa shape index (κ2) is 16.1. The lowest BCUT2D eigenvalue weighted by Crippen LogP contribution is -2.08. The van der Waals surface area contributed by atoms with E-state index in [9.17, 15) is 0 Å². The summed E-state index contributed by atoms with van der Waals surface area (Å²) in [5, 5.41) is 0. The average Bonchev–Trinajstić information content (AvgIpc) is 2.49. The summed E-state index contributed by atoms with van der Waals surface area (Å²) in [6, 6.07) is 0. The number of hydrogen-bond acceptors (Lipinski definition) is 0. The van der Waals surface area contributed by atoms with Gasteiger partial charge in [-0.25, -0.2) is 0 Å². The molecule has 0 heterocycles. The van der Waals surface area contributed by atoms with Crippen molar-refractivity contribution in [3.05, 3.63) is 12.7 Å².